The van der Waals surface area contributed by atoms with Crippen LogP contribution in [-0.4, -0.2) is 59.6 Å². The minimum Gasteiger partial charge on any atom is -0.480 e. The number of carbonyl (C=O) groups is 2. The molecular weight excluding hydrogens is 278 g/mol. The zero-order chi connectivity index (χ0) is 14.4. The maximum absolute atomic E-state index is 12.1. The van der Waals surface area contributed by atoms with Crippen molar-refractivity contribution in [1.29, 1.82) is 0 Å². The Labute approximate surface area is 122 Å². The van der Waals surface area contributed by atoms with E-state index < -0.39 is 5.97 Å². The SMILES string of the molecule is O=C(O)CN1CCCN(C(=O)NCc2cccs2)CC1. The van der Waals surface area contributed by atoms with Crippen LogP contribution in [-0.2, 0) is 11.3 Å². The highest BCUT2D eigenvalue weighted by Gasteiger charge is 2.19. The molecule has 6 nitrogen and oxygen atoms in total. The first-order valence-corrected chi connectivity index (χ1v) is 7.52. The van der Waals surface area contributed by atoms with E-state index in [1.807, 2.05) is 22.4 Å². The molecule has 1 aliphatic heterocycles. The zero-order valence-electron chi connectivity index (χ0n) is 11.2. The highest BCUT2D eigenvalue weighted by Crippen LogP contribution is 2.08. The fourth-order valence-electron chi connectivity index (χ4n) is 2.21. The van der Waals surface area contributed by atoms with Crippen molar-refractivity contribution in [3.63, 3.8) is 0 Å². The summed E-state index contributed by atoms with van der Waals surface area (Å²) in [6, 6.07) is 3.87. The summed E-state index contributed by atoms with van der Waals surface area (Å²) in [5.41, 5.74) is 0. The van der Waals surface area contributed by atoms with Gasteiger partial charge in [0.2, 0.25) is 0 Å². The summed E-state index contributed by atoms with van der Waals surface area (Å²) in [6.07, 6.45) is 0.805. The molecule has 0 bridgehead atoms. The number of carboxylic acid groups (broad SMARTS) is 1. The van der Waals surface area contributed by atoms with Gasteiger partial charge in [-0.25, -0.2) is 4.79 Å². The Bertz CT molecular complexity index is 450. The number of amides is 2. The number of carboxylic acids is 1. The van der Waals surface area contributed by atoms with E-state index in [9.17, 15) is 9.59 Å². The van der Waals surface area contributed by atoms with Gasteiger partial charge < -0.3 is 15.3 Å². The number of hydrogen-bond donors (Lipinski definition) is 2. The molecule has 0 unspecified atom stereocenters. The lowest BCUT2D eigenvalue weighted by Crippen LogP contribution is -2.42. The molecule has 1 aliphatic rings. The van der Waals surface area contributed by atoms with E-state index in [1.54, 1.807) is 16.2 Å². The van der Waals surface area contributed by atoms with Crippen molar-refractivity contribution in [2.24, 2.45) is 0 Å². The molecule has 2 N–H and O–H groups in total. The van der Waals surface area contributed by atoms with Gasteiger partial charge in [0, 0.05) is 31.1 Å². The van der Waals surface area contributed by atoms with E-state index in [-0.39, 0.29) is 12.6 Å². The molecule has 2 heterocycles. The molecule has 0 radical (unpaired) electrons. The molecule has 0 aromatic carbocycles. The fraction of sp³-hybridized carbons (Fsp3) is 0.538. The van der Waals surface area contributed by atoms with Gasteiger partial charge in [0.15, 0.2) is 0 Å². The average molecular weight is 297 g/mol. The molecular formula is C13H19N3O3S. The van der Waals surface area contributed by atoms with Crippen LogP contribution >= 0.6 is 11.3 Å². The Hall–Kier alpha value is -1.60. The summed E-state index contributed by atoms with van der Waals surface area (Å²) in [5, 5.41) is 13.7. The highest BCUT2D eigenvalue weighted by molar-refractivity contribution is 7.09. The number of thiophene rings is 1. The molecule has 20 heavy (non-hydrogen) atoms. The van der Waals surface area contributed by atoms with Gasteiger partial charge in [0.1, 0.15) is 0 Å². The van der Waals surface area contributed by atoms with E-state index in [2.05, 4.69) is 5.32 Å². The predicted octanol–water partition coefficient (Wildman–Crippen LogP) is 1.05. The van der Waals surface area contributed by atoms with Crippen LogP contribution in [0.25, 0.3) is 0 Å². The van der Waals surface area contributed by atoms with Crippen LogP contribution in [0.15, 0.2) is 17.5 Å². The van der Waals surface area contributed by atoms with Gasteiger partial charge in [-0.2, -0.15) is 0 Å². The van der Waals surface area contributed by atoms with Crippen LogP contribution in [0.5, 0.6) is 0 Å². The van der Waals surface area contributed by atoms with Crippen molar-refractivity contribution in [2.45, 2.75) is 13.0 Å². The van der Waals surface area contributed by atoms with Crippen molar-refractivity contribution >= 4 is 23.3 Å². The molecule has 0 aliphatic carbocycles. The Morgan fingerprint density at radius 2 is 2.15 bits per heavy atom. The van der Waals surface area contributed by atoms with Crippen LogP contribution in [0.3, 0.4) is 0 Å². The van der Waals surface area contributed by atoms with Gasteiger partial charge in [0.05, 0.1) is 13.1 Å². The minimum absolute atomic E-state index is 0.0463. The molecule has 1 aromatic heterocycles. The Morgan fingerprint density at radius 3 is 2.85 bits per heavy atom. The molecule has 0 saturated carbocycles. The first-order valence-electron chi connectivity index (χ1n) is 6.64. The summed E-state index contributed by atoms with van der Waals surface area (Å²) in [7, 11) is 0. The zero-order valence-corrected chi connectivity index (χ0v) is 12.1. The van der Waals surface area contributed by atoms with Crippen molar-refractivity contribution in [1.82, 2.24) is 15.1 Å². The van der Waals surface area contributed by atoms with Crippen LogP contribution in [0.4, 0.5) is 4.79 Å². The second-order valence-electron chi connectivity index (χ2n) is 4.75. The predicted molar refractivity (Wildman–Crippen MR) is 76.8 cm³/mol. The van der Waals surface area contributed by atoms with Crippen molar-refractivity contribution in [3.05, 3.63) is 22.4 Å². The topological polar surface area (TPSA) is 72.9 Å². The highest BCUT2D eigenvalue weighted by atomic mass is 32.1. The lowest BCUT2D eigenvalue weighted by atomic mass is 10.4. The normalized spacial score (nSPS) is 16.7. The number of nitrogens with zero attached hydrogens (tertiary/aromatic N) is 2. The second kappa shape index (κ2) is 7.25. The molecule has 110 valence electrons. The van der Waals surface area contributed by atoms with Gasteiger partial charge in [-0.15, -0.1) is 11.3 Å². The summed E-state index contributed by atoms with van der Waals surface area (Å²) >= 11 is 1.62. The van der Waals surface area contributed by atoms with Gasteiger partial charge in [-0.3, -0.25) is 9.69 Å². The molecule has 7 heteroatoms. The summed E-state index contributed by atoms with van der Waals surface area (Å²) < 4.78 is 0. The number of hydrogen-bond acceptors (Lipinski definition) is 4. The van der Waals surface area contributed by atoms with E-state index >= 15 is 0 Å². The Balaban J connectivity index is 1.77. The summed E-state index contributed by atoms with van der Waals surface area (Å²) in [4.78, 5) is 27.5. The van der Waals surface area contributed by atoms with Crippen molar-refractivity contribution in [3.8, 4) is 0 Å². The third-order valence-corrected chi connectivity index (χ3v) is 4.10. The van der Waals surface area contributed by atoms with Crippen molar-refractivity contribution < 1.29 is 14.7 Å². The number of urea groups is 1. The van der Waals surface area contributed by atoms with Crippen LogP contribution in [0.2, 0.25) is 0 Å². The second-order valence-corrected chi connectivity index (χ2v) is 5.78. The van der Waals surface area contributed by atoms with E-state index in [4.69, 9.17) is 5.11 Å². The number of rotatable bonds is 4. The van der Waals surface area contributed by atoms with E-state index in [0.717, 1.165) is 17.8 Å². The standard InChI is InChI=1S/C13H19N3O3S/c17-12(18)10-15-4-2-5-16(7-6-15)13(19)14-9-11-3-1-8-20-11/h1,3,8H,2,4-7,9-10H2,(H,14,19)(H,17,18). The summed E-state index contributed by atoms with van der Waals surface area (Å²) in [6.45, 7) is 3.17. The molecule has 1 fully saturated rings. The fourth-order valence-corrected chi connectivity index (χ4v) is 2.86. The molecule has 2 rings (SSSR count). The van der Waals surface area contributed by atoms with Crippen LogP contribution < -0.4 is 5.32 Å². The van der Waals surface area contributed by atoms with Crippen molar-refractivity contribution in [2.75, 3.05) is 32.7 Å². The first kappa shape index (κ1) is 14.8. The molecule has 0 spiro atoms. The lowest BCUT2D eigenvalue weighted by Gasteiger charge is -2.21. The van der Waals surface area contributed by atoms with E-state index in [1.165, 1.54) is 0 Å². The largest absolute Gasteiger partial charge is 0.480 e. The minimum atomic E-state index is -0.819. The lowest BCUT2D eigenvalue weighted by molar-refractivity contribution is -0.138. The van der Waals surface area contributed by atoms with Gasteiger partial charge in [0.25, 0.3) is 0 Å². The third-order valence-electron chi connectivity index (χ3n) is 3.23. The smallest absolute Gasteiger partial charge is 0.317 e. The molecule has 1 saturated heterocycles. The Kier molecular flexibility index (Phi) is 5.37. The number of nitrogens with one attached hydrogen (secondary N) is 1. The maximum Gasteiger partial charge on any atom is 0.317 e. The first-order chi connectivity index (χ1) is 9.65. The third kappa shape index (κ3) is 4.50. The molecule has 0 atom stereocenters. The summed E-state index contributed by atoms with van der Waals surface area (Å²) in [5.74, 6) is -0.819. The van der Waals surface area contributed by atoms with Gasteiger partial charge >= 0.3 is 12.0 Å². The Morgan fingerprint density at radius 1 is 1.30 bits per heavy atom. The maximum atomic E-state index is 12.1. The number of carbonyl (C=O) groups excluding carboxylic acids is 1. The van der Waals surface area contributed by atoms with Gasteiger partial charge in [-0.05, 0) is 17.9 Å². The van der Waals surface area contributed by atoms with Crippen LogP contribution in [0.1, 0.15) is 11.3 Å². The van der Waals surface area contributed by atoms with E-state index in [0.29, 0.717) is 26.2 Å². The molecule has 1 aromatic rings. The van der Waals surface area contributed by atoms with Crippen LogP contribution in [0, 0.1) is 0 Å². The number of aliphatic carboxylic acids is 1. The van der Waals surface area contributed by atoms with Gasteiger partial charge in [-0.1, -0.05) is 6.07 Å². The average Bonchev–Trinajstić information content (AvgIpc) is 2.82. The quantitative estimate of drug-likeness (QED) is 0.871. The monoisotopic (exact) mass is 297 g/mol. The molecule has 2 amide bonds.